The van der Waals surface area contributed by atoms with Crippen LogP contribution >= 0.6 is 11.6 Å². The van der Waals surface area contributed by atoms with Gasteiger partial charge in [0, 0.05) is 58.8 Å². The van der Waals surface area contributed by atoms with Gasteiger partial charge in [0.2, 0.25) is 11.7 Å². The fraction of sp³-hybridized carbons (Fsp3) is 0.333. The number of nitrogens with one attached hydrogen (secondary N) is 1. The molecule has 0 saturated carbocycles. The number of furan rings is 1. The third-order valence-corrected chi connectivity index (χ3v) is 6.13. The summed E-state index contributed by atoms with van der Waals surface area (Å²) < 4.78 is 8.67. The molecule has 1 amide bonds. The highest BCUT2D eigenvalue weighted by Crippen LogP contribution is 2.27. The molecule has 4 rings (SSSR count). The summed E-state index contributed by atoms with van der Waals surface area (Å²) in [5.74, 6) is -1.25. The number of carboxylic acids is 1. The molecule has 0 unspecified atom stereocenters. The highest BCUT2D eigenvalue weighted by molar-refractivity contribution is 6.31. The lowest BCUT2D eigenvalue weighted by Crippen LogP contribution is -2.29. The number of halogens is 1. The van der Waals surface area contributed by atoms with Gasteiger partial charge in [-0.2, -0.15) is 0 Å². The number of hydrogen-bond acceptors (Lipinski definition) is 5. The second-order valence-electron chi connectivity index (χ2n) is 8.83. The van der Waals surface area contributed by atoms with Crippen LogP contribution in [0.15, 0.2) is 53.4 Å². The van der Waals surface area contributed by atoms with E-state index in [0.29, 0.717) is 36.5 Å². The molecule has 0 fully saturated rings. The maximum absolute atomic E-state index is 12.4. The molecule has 0 bridgehead atoms. The van der Waals surface area contributed by atoms with E-state index in [-0.39, 0.29) is 23.6 Å². The van der Waals surface area contributed by atoms with Gasteiger partial charge in [-0.1, -0.05) is 30.7 Å². The van der Waals surface area contributed by atoms with Crippen LogP contribution in [0.4, 0.5) is 0 Å². The summed E-state index contributed by atoms with van der Waals surface area (Å²) in [6.07, 6.45) is 6.05. The summed E-state index contributed by atoms with van der Waals surface area (Å²) >= 11 is 6.04. The SMILES string of the molecule is CC(C)(CCC(=O)NCCn1ccc2cc(Cl)ccc21)c1cn(Cc2ccoc2C(=O)O)nn1. The van der Waals surface area contributed by atoms with Crippen molar-refractivity contribution in [1.29, 1.82) is 0 Å². The molecule has 34 heavy (non-hydrogen) atoms. The van der Waals surface area contributed by atoms with Crippen LogP contribution in [0, 0.1) is 0 Å². The molecule has 0 spiro atoms. The van der Waals surface area contributed by atoms with Crippen molar-refractivity contribution in [1.82, 2.24) is 24.9 Å². The number of fused-ring (bicyclic) bond motifs is 1. The van der Waals surface area contributed by atoms with Crippen LogP contribution in [0.25, 0.3) is 10.9 Å². The average Bonchev–Trinajstić information content (AvgIpc) is 3.53. The van der Waals surface area contributed by atoms with Gasteiger partial charge in [0.25, 0.3) is 0 Å². The predicted octanol–water partition coefficient (Wildman–Crippen LogP) is 4.10. The number of aromatic carboxylic acids is 1. The number of rotatable bonds is 10. The van der Waals surface area contributed by atoms with Crippen molar-refractivity contribution >= 4 is 34.4 Å². The maximum atomic E-state index is 12.4. The van der Waals surface area contributed by atoms with Gasteiger partial charge in [0.15, 0.2) is 0 Å². The number of hydrogen-bond donors (Lipinski definition) is 2. The number of carboxylic acid groups (broad SMARTS) is 1. The van der Waals surface area contributed by atoms with Gasteiger partial charge in [-0.25, -0.2) is 9.48 Å². The molecule has 0 aliphatic carbocycles. The van der Waals surface area contributed by atoms with Crippen molar-refractivity contribution < 1.29 is 19.1 Å². The van der Waals surface area contributed by atoms with E-state index in [2.05, 4.69) is 20.2 Å². The second kappa shape index (κ2) is 9.72. The van der Waals surface area contributed by atoms with Crippen LogP contribution in [0.3, 0.4) is 0 Å². The summed E-state index contributed by atoms with van der Waals surface area (Å²) in [5, 5.41) is 22.3. The molecule has 0 saturated heterocycles. The van der Waals surface area contributed by atoms with E-state index < -0.39 is 5.97 Å². The Balaban J connectivity index is 1.27. The Labute approximate surface area is 201 Å². The minimum absolute atomic E-state index is 0.0236. The molecular formula is C24H26ClN5O4. The smallest absolute Gasteiger partial charge is 0.372 e. The van der Waals surface area contributed by atoms with Crippen molar-refractivity contribution in [3.63, 3.8) is 0 Å². The van der Waals surface area contributed by atoms with E-state index in [1.165, 1.54) is 6.26 Å². The van der Waals surface area contributed by atoms with E-state index in [0.717, 1.165) is 16.6 Å². The molecule has 10 heteroatoms. The average molecular weight is 484 g/mol. The third-order valence-electron chi connectivity index (χ3n) is 5.89. The summed E-state index contributed by atoms with van der Waals surface area (Å²) in [6.45, 7) is 5.44. The number of nitrogens with zero attached hydrogens (tertiary/aromatic N) is 4. The Morgan fingerprint density at radius 2 is 2.06 bits per heavy atom. The maximum Gasteiger partial charge on any atom is 0.372 e. The van der Waals surface area contributed by atoms with E-state index in [1.807, 2.05) is 44.3 Å². The van der Waals surface area contributed by atoms with Crippen LogP contribution in [0.1, 0.15) is 48.5 Å². The number of carbonyl (C=O) groups excluding carboxylic acids is 1. The van der Waals surface area contributed by atoms with Crippen molar-refractivity contribution in [3.8, 4) is 0 Å². The van der Waals surface area contributed by atoms with Gasteiger partial charge in [-0.15, -0.1) is 5.10 Å². The summed E-state index contributed by atoms with van der Waals surface area (Å²) in [4.78, 5) is 23.6. The Kier molecular flexibility index (Phi) is 6.74. The van der Waals surface area contributed by atoms with Crippen molar-refractivity contribution in [2.24, 2.45) is 0 Å². The highest BCUT2D eigenvalue weighted by Gasteiger charge is 2.25. The largest absolute Gasteiger partial charge is 0.475 e. The van der Waals surface area contributed by atoms with Gasteiger partial charge < -0.3 is 19.4 Å². The summed E-state index contributed by atoms with van der Waals surface area (Å²) in [5.41, 5.74) is 1.95. The van der Waals surface area contributed by atoms with E-state index in [4.69, 9.17) is 16.0 Å². The topological polar surface area (TPSA) is 115 Å². The first-order chi connectivity index (χ1) is 16.2. The third kappa shape index (κ3) is 5.31. The molecule has 178 valence electrons. The Bertz CT molecular complexity index is 1320. The van der Waals surface area contributed by atoms with Crippen molar-refractivity contribution in [2.75, 3.05) is 6.54 Å². The number of carbonyl (C=O) groups is 2. The lowest BCUT2D eigenvalue weighted by molar-refractivity contribution is -0.121. The first-order valence-electron chi connectivity index (χ1n) is 10.9. The quantitative estimate of drug-likeness (QED) is 0.351. The second-order valence-corrected chi connectivity index (χ2v) is 9.26. The molecule has 0 aliphatic heterocycles. The van der Waals surface area contributed by atoms with Gasteiger partial charge >= 0.3 is 5.97 Å². The zero-order chi connectivity index (χ0) is 24.3. The van der Waals surface area contributed by atoms with Gasteiger partial charge in [-0.05, 0) is 36.8 Å². The van der Waals surface area contributed by atoms with Crippen molar-refractivity contribution in [3.05, 3.63) is 71.0 Å². The monoisotopic (exact) mass is 483 g/mol. The van der Waals surface area contributed by atoms with Gasteiger partial charge in [0.05, 0.1) is 18.5 Å². The zero-order valence-corrected chi connectivity index (χ0v) is 19.7. The molecule has 0 radical (unpaired) electrons. The molecule has 4 aromatic rings. The predicted molar refractivity (Wildman–Crippen MR) is 127 cm³/mol. The van der Waals surface area contributed by atoms with E-state index >= 15 is 0 Å². The molecule has 0 atom stereocenters. The standard InChI is InChI=1S/C24H26ClN5O4/c1-24(2,20-15-30(28-27-20)14-17-7-12-34-22(17)23(32)33)8-5-21(31)26-9-11-29-10-6-16-13-18(25)3-4-19(16)29/h3-4,6-7,10,12-13,15H,5,8-9,11,14H2,1-2H3,(H,26,31)(H,32,33). The molecular weight excluding hydrogens is 458 g/mol. The fourth-order valence-electron chi connectivity index (χ4n) is 3.83. The molecule has 1 aromatic carbocycles. The summed E-state index contributed by atoms with van der Waals surface area (Å²) in [6, 6.07) is 9.37. The minimum Gasteiger partial charge on any atom is -0.475 e. The van der Waals surface area contributed by atoms with Crippen LogP contribution in [-0.2, 0) is 23.3 Å². The van der Waals surface area contributed by atoms with Crippen LogP contribution < -0.4 is 5.32 Å². The molecule has 0 aliphatic rings. The normalized spacial score (nSPS) is 11.7. The van der Waals surface area contributed by atoms with E-state index in [1.54, 1.807) is 16.9 Å². The Morgan fingerprint density at radius 3 is 2.85 bits per heavy atom. The Morgan fingerprint density at radius 1 is 1.24 bits per heavy atom. The van der Waals surface area contributed by atoms with Crippen LogP contribution in [-0.4, -0.2) is 43.1 Å². The first kappa shape index (κ1) is 23.6. The lowest BCUT2D eigenvalue weighted by Gasteiger charge is -2.21. The number of benzene rings is 1. The van der Waals surface area contributed by atoms with Crippen molar-refractivity contribution in [2.45, 2.75) is 45.2 Å². The minimum atomic E-state index is -1.12. The number of aromatic nitrogens is 4. The first-order valence-corrected chi connectivity index (χ1v) is 11.3. The fourth-order valence-corrected chi connectivity index (χ4v) is 4.01. The summed E-state index contributed by atoms with van der Waals surface area (Å²) in [7, 11) is 0. The van der Waals surface area contributed by atoms with Gasteiger partial charge in [0.1, 0.15) is 0 Å². The lowest BCUT2D eigenvalue weighted by atomic mass is 9.84. The van der Waals surface area contributed by atoms with Crippen LogP contribution in [0.5, 0.6) is 0 Å². The van der Waals surface area contributed by atoms with E-state index in [9.17, 15) is 14.7 Å². The van der Waals surface area contributed by atoms with Gasteiger partial charge in [-0.3, -0.25) is 4.79 Å². The number of amides is 1. The Hall–Kier alpha value is -3.59. The molecule has 3 aromatic heterocycles. The van der Waals surface area contributed by atoms with Crippen LogP contribution in [0.2, 0.25) is 5.02 Å². The molecule has 3 heterocycles. The molecule has 2 N–H and O–H groups in total. The molecule has 9 nitrogen and oxygen atoms in total. The highest BCUT2D eigenvalue weighted by atomic mass is 35.5. The zero-order valence-electron chi connectivity index (χ0n) is 19.0.